The van der Waals surface area contributed by atoms with Gasteiger partial charge in [0.2, 0.25) is 5.91 Å². The molecule has 0 spiro atoms. The number of hydroxylamine groups is 1. The lowest BCUT2D eigenvalue weighted by Crippen LogP contribution is -2.42. The third-order valence-corrected chi connectivity index (χ3v) is 6.62. The first-order valence-electron chi connectivity index (χ1n) is 11.6. The maximum Gasteiger partial charge on any atom is 0.243 e. The lowest BCUT2D eigenvalue weighted by atomic mass is 9.83. The summed E-state index contributed by atoms with van der Waals surface area (Å²) in [5.41, 5.74) is 0.606. The number of hydrogen-bond acceptors (Lipinski definition) is 6. The van der Waals surface area contributed by atoms with Crippen LogP contribution in [0.2, 0.25) is 0 Å². The van der Waals surface area contributed by atoms with Crippen LogP contribution in [0.1, 0.15) is 71.6 Å². The van der Waals surface area contributed by atoms with Crippen molar-refractivity contribution in [2.24, 2.45) is 11.8 Å². The summed E-state index contributed by atoms with van der Waals surface area (Å²) in [6, 6.07) is 6.07. The second kappa shape index (κ2) is 12.5. The fourth-order valence-corrected chi connectivity index (χ4v) is 4.63. The van der Waals surface area contributed by atoms with E-state index < -0.39 is 29.7 Å². The van der Waals surface area contributed by atoms with Crippen LogP contribution in [-0.2, 0) is 4.79 Å². The number of unbranched alkanes of at least 4 members (excludes halogenated alkanes) is 3. The molecule has 0 radical (unpaired) electrons. The molecule has 5 N–H and O–H groups in total. The van der Waals surface area contributed by atoms with Crippen molar-refractivity contribution in [3.8, 4) is 5.75 Å². The minimum atomic E-state index is -1.01. The summed E-state index contributed by atoms with van der Waals surface area (Å²) in [5, 5.41) is 40.1. The average Bonchev–Trinajstić information content (AvgIpc) is 3.02. The molecule has 1 aliphatic carbocycles. The van der Waals surface area contributed by atoms with Gasteiger partial charge < -0.3 is 20.1 Å². The van der Waals surface area contributed by atoms with Crippen molar-refractivity contribution < 1.29 is 34.4 Å². The molecule has 5 unspecified atom stereocenters. The van der Waals surface area contributed by atoms with Gasteiger partial charge in [-0.25, -0.2) is 9.87 Å². The molecule has 0 aromatic heterocycles. The molecule has 1 aromatic carbocycles. The number of aliphatic hydroxyl groups is 3. The number of halogens is 1. The molecule has 1 amide bonds. The van der Waals surface area contributed by atoms with E-state index in [1.54, 1.807) is 31.5 Å². The highest BCUT2D eigenvalue weighted by Gasteiger charge is 2.42. The molecule has 1 fully saturated rings. The standard InChI is InChI=1S/C24H38FNO6/c1-24(2,32-21-11-8-7-10-18(21)25)22(29)14-13-17-16(19(27)15-20(17)28)9-5-3-4-6-12-23(30)26-31/h7-8,10-11,16-17,19-20,22,27-29,31H,3-6,9,12-15H2,1-2H3,(H,26,30). The molecule has 0 saturated heterocycles. The predicted octanol–water partition coefficient (Wildman–Crippen LogP) is 3.33. The molecule has 2 rings (SSSR count). The van der Waals surface area contributed by atoms with Crippen LogP contribution in [0.3, 0.4) is 0 Å². The van der Waals surface area contributed by atoms with Gasteiger partial charge in [0.25, 0.3) is 0 Å². The highest BCUT2D eigenvalue weighted by atomic mass is 19.1. The Morgan fingerprint density at radius 1 is 1.12 bits per heavy atom. The molecular formula is C24H38FNO6. The van der Waals surface area contributed by atoms with Crippen molar-refractivity contribution in [2.45, 2.75) is 95.5 Å². The van der Waals surface area contributed by atoms with Crippen molar-refractivity contribution in [1.29, 1.82) is 0 Å². The Balaban J connectivity index is 1.82. The number of amides is 1. The zero-order valence-corrected chi connectivity index (χ0v) is 19.0. The number of ether oxygens (including phenoxy) is 1. The van der Waals surface area contributed by atoms with Gasteiger partial charge in [-0.15, -0.1) is 0 Å². The van der Waals surface area contributed by atoms with Gasteiger partial charge in [0.1, 0.15) is 5.60 Å². The first-order valence-corrected chi connectivity index (χ1v) is 11.6. The Bertz CT molecular complexity index is 715. The van der Waals surface area contributed by atoms with Crippen molar-refractivity contribution in [1.82, 2.24) is 5.48 Å². The summed E-state index contributed by atoms with van der Waals surface area (Å²) >= 11 is 0. The van der Waals surface area contributed by atoms with Crippen LogP contribution in [0, 0.1) is 17.7 Å². The normalized spacial score (nSPS) is 24.3. The van der Waals surface area contributed by atoms with Gasteiger partial charge in [0, 0.05) is 6.42 Å². The molecule has 1 saturated carbocycles. The number of carbonyl (C=O) groups excluding carboxylic acids is 1. The van der Waals surface area contributed by atoms with E-state index >= 15 is 0 Å². The SMILES string of the molecule is CC(C)(Oc1ccccc1F)C(O)CCC1C(O)CC(O)C1CCCCCCC(=O)NO. The van der Waals surface area contributed by atoms with Crippen molar-refractivity contribution in [3.63, 3.8) is 0 Å². The number of para-hydroxylation sites is 1. The molecule has 1 aliphatic rings. The molecule has 0 bridgehead atoms. The highest BCUT2D eigenvalue weighted by Crippen LogP contribution is 2.40. The number of nitrogens with one attached hydrogen (secondary N) is 1. The summed E-state index contributed by atoms with van der Waals surface area (Å²) in [5.74, 6) is -0.959. The van der Waals surface area contributed by atoms with Gasteiger partial charge in [-0.1, -0.05) is 31.4 Å². The molecule has 7 nitrogen and oxygen atoms in total. The van der Waals surface area contributed by atoms with Crippen LogP contribution in [0.5, 0.6) is 5.75 Å². The second-order valence-electron chi connectivity index (χ2n) is 9.42. The van der Waals surface area contributed by atoms with E-state index in [0.29, 0.717) is 25.7 Å². The van der Waals surface area contributed by atoms with Crippen LogP contribution in [0.4, 0.5) is 4.39 Å². The van der Waals surface area contributed by atoms with E-state index in [2.05, 4.69) is 0 Å². The van der Waals surface area contributed by atoms with Crippen LogP contribution in [-0.4, -0.2) is 50.3 Å². The number of carbonyl (C=O) groups is 1. The van der Waals surface area contributed by atoms with Gasteiger partial charge in [0.15, 0.2) is 11.6 Å². The molecule has 1 aromatic rings. The first kappa shape index (κ1) is 26.5. The Labute approximate surface area is 189 Å². The molecule has 0 aliphatic heterocycles. The number of benzene rings is 1. The summed E-state index contributed by atoms with van der Waals surface area (Å²) < 4.78 is 19.6. The van der Waals surface area contributed by atoms with Crippen LogP contribution < -0.4 is 10.2 Å². The number of aliphatic hydroxyl groups excluding tert-OH is 3. The van der Waals surface area contributed by atoms with E-state index in [1.165, 1.54) is 12.1 Å². The quantitative estimate of drug-likeness (QED) is 0.177. The highest BCUT2D eigenvalue weighted by molar-refractivity contribution is 5.74. The molecule has 8 heteroatoms. The fraction of sp³-hybridized carbons (Fsp3) is 0.708. The molecular weight excluding hydrogens is 417 g/mol. The third kappa shape index (κ3) is 7.69. The van der Waals surface area contributed by atoms with Crippen LogP contribution in [0.25, 0.3) is 0 Å². The monoisotopic (exact) mass is 455 g/mol. The lowest BCUT2D eigenvalue weighted by Gasteiger charge is -2.33. The van der Waals surface area contributed by atoms with E-state index in [1.807, 2.05) is 0 Å². The van der Waals surface area contributed by atoms with Crippen LogP contribution in [0.15, 0.2) is 24.3 Å². The average molecular weight is 456 g/mol. The first-order chi connectivity index (χ1) is 15.2. The van der Waals surface area contributed by atoms with Crippen molar-refractivity contribution in [3.05, 3.63) is 30.1 Å². The molecule has 182 valence electrons. The second-order valence-corrected chi connectivity index (χ2v) is 9.42. The Hall–Kier alpha value is -1.74. The van der Waals surface area contributed by atoms with Crippen molar-refractivity contribution in [2.75, 3.05) is 0 Å². The van der Waals surface area contributed by atoms with Crippen molar-refractivity contribution >= 4 is 5.91 Å². The van der Waals surface area contributed by atoms with Gasteiger partial charge in [0.05, 0.1) is 18.3 Å². The van der Waals surface area contributed by atoms with Crippen LogP contribution >= 0.6 is 0 Å². The van der Waals surface area contributed by atoms with E-state index in [4.69, 9.17) is 9.94 Å². The topological polar surface area (TPSA) is 119 Å². The minimum Gasteiger partial charge on any atom is -0.482 e. The maximum atomic E-state index is 13.9. The van der Waals surface area contributed by atoms with E-state index in [9.17, 15) is 24.5 Å². The Morgan fingerprint density at radius 3 is 2.41 bits per heavy atom. The summed E-state index contributed by atoms with van der Waals surface area (Å²) in [7, 11) is 0. The number of hydrogen-bond donors (Lipinski definition) is 5. The third-order valence-electron chi connectivity index (χ3n) is 6.62. The summed E-state index contributed by atoms with van der Waals surface area (Å²) in [4.78, 5) is 11.0. The molecule has 32 heavy (non-hydrogen) atoms. The van der Waals surface area contributed by atoms with E-state index in [-0.39, 0.29) is 29.9 Å². The predicted molar refractivity (Wildman–Crippen MR) is 118 cm³/mol. The largest absolute Gasteiger partial charge is 0.482 e. The van der Waals surface area contributed by atoms with Gasteiger partial charge in [-0.3, -0.25) is 10.0 Å². The van der Waals surface area contributed by atoms with Gasteiger partial charge in [-0.2, -0.15) is 0 Å². The summed E-state index contributed by atoms with van der Waals surface area (Å²) in [6.07, 6.45) is 3.52. The smallest absolute Gasteiger partial charge is 0.243 e. The van der Waals surface area contributed by atoms with Gasteiger partial charge in [-0.05, 0) is 69.9 Å². The Kier molecular flexibility index (Phi) is 10.3. The maximum absolute atomic E-state index is 13.9. The molecule has 0 heterocycles. The van der Waals surface area contributed by atoms with Gasteiger partial charge >= 0.3 is 0 Å². The number of rotatable bonds is 13. The zero-order valence-electron chi connectivity index (χ0n) is 19.0. The summed E-state index contributed by atoms with van der Waals surface area (Å²) in [6.45, 7) is 3.41. The lowest BCUT2D eigenvalue weighted by molar-refractivity contribution is -0.129. The fourth-order valence-electron chi connectivity index (χ4n) is 4.63. The zero-order chi connectivity index (χ0) is 23.7. The molecule has 5 atom stereocenters. The van der Waals surface area contributed by atoms with E-state index in [0.717, 1.165) is 25.7 Å². The Morgan fingerprint density at radius 2 is 1.75 bits per heavy atom. The minimum absolute atomic E-state index is 0.0476.